The lowest BCUT2D eigenvalue weighted by molar-refractivity contribution is -0.133. The Bertz CT molecular complexity index is 452. The minimum Gasteiger partial charge on any atom is -0.349 e. The normalized spacial score (nSPS) is 19.4. The van der Waals surface area contributed by atoms with Crippen LogP contribution >= 0.6 is 0 Å². The number of aryl methyl sites for hydroxylation is 2. The third-order valence-corrected chi connectivity index (χ3v) is 3.46. The lowest BCUT2D eigenvalue weighted by Gasteiger charge is -2.33. The van der Waals surface area contributed by atoms with Crippen LogP contribution < -0.4 is 4.90 Å². The van der Waals surface area contributed by atoms with Gasteiger partial charge in [-0.3, -0.25) is 4.79 Å². The van der Waals surface area contributed by atoms with E-state index in [4.69, 9.17) is 0 Å². The molecule has 0 aliphatic carbocycles. The molecular weight excluding hydrogens is 240 g/mol. The van der Waals surface area contributed by atoms with E-state index in [1.54, 1.807) is 4.90 Å². The molecule has 1 aromatic heterocycles. The first-order chi connectivity index (χ1) is 8.97. The Morgan fingerprint density at radius 1 is 1.32 bits per heavy atom. The smallest absolute Gasteiger partial charge is 0.226 e. The van der Waals surface area contributed by atoms with E-state index in [0.29, 0.717) is 0 Å². The van der Waals surface area contributed by atoms with Crippen molar-refractivity contribution in [3.8, 4) is 0 Å². The van der Waals surface area contributed by atoms with Gasteiger partial charge in [0.05, 0.1) is 5.92 Å². The highest BCUT2D eigenvalue weighted by atomic mass is 16.2. The summed E-state index contributed by atoms with van der Waals surface area (Å²) in [5.41, 5.74) is 1.95. The molecule has 2 rings (SSSR count). The average Bonchev–Trinajstić information content (AvgIpc) is 2.36. The fourth-order valence-corrected chi connectivity index (χ4v) is 2.57. The molecule has 1 aromatic rings. The number of hydrogen-bond acceptors (Lipinski definition) is 4. The lowest BCUT2D eigenvalue weighted by atomic mass is 9.97. The number of nitrogens with zero attached hydrogens (tertiary/aromatic N) is 4. The zero-order valence-electron chi connectivity index (χ0n) is 12.2. The number of anilines is 1. The van der Waals surface area contributed by atoms with Gasteiger partial charge in [0, 0.05) is 38.6 Å². The molecule has 0 aromatic carbocycles. The summed E-state index contributed by atoms with van der Waals surface area (Å²) in [6.07, 6.45) is 1.97. The zero-order valence-corrected chi connectivity index (χ0v) is 12.2. The van der Waals surface area contributed by atoms with E-state index >= 15 is 0 Å². The SMILES string of the molecule is Cc1cc(C)nc(N2CCC[C@@H](C(=O)N(C)C)C2)n1. The minimum absolute atomic E-state index is 0.0631. The molecule has 1 atom stereocenters. The second kappa shape index (κ2) is 5.55. The maximum Gasteiger partial charge on any atom is 0.226 e. The first-order valence-electron chi connectivity index (χ1n) is 6.76. The monoisotopic (exact) mass is 262 g/mol. The fraction of sp³-hybridized carbons (Fsp3) is 0.643. The Kier molecular flexibility index (Phi) is 4.02. The summed E-state index contributed by atoms with van der Waals surface area (Å²) in [6.45, 7) is 5.61. The van der Waals surface area contributed by atoms with Crippen molar-refractivity contribution in [2.75, 3.05) is 32.1 Å². The highest BCUT2D eigenvalue weighted by Crippen LogP contribution is 2.22. The highest BCUT2D eigenvalue weighted by Gasteiger charge is 2.28. The summed E-state index contributed by atoms with van der Waals surface area (Å²) in [6, 6.07) is 1.97. The van der Waals surface area contributed by atoms with Gasteiger partial charge in [0.15, 0.2) is 0 Å². The molecule has 0 unspecified atom stereocenters. The molecule has 19 heavy (non-hydrogen) atoms. The molecule has 1 saturated heterocycles. The van der Waals surface area contributed by atoms with Crippen LogP contribution in [0, 0.1) is 19.8 Å². The maximum atomic E-state index is 12.1. The third-order valence-electron chi connectivity index (χ3n) is 3.46. The minimum atomic E-state index is 0.0631. The molecule has 2 heterocycles. The van der Waals surface area contributed by atoms with Crippen LogP contribution in [0.3, 0.4) is 0 Å². The van der Waals surface area contributed by atoms with Crippen molar-refractivity contribution in [1.82, 2.24) is 14.9 Å². The summed E-state index contributed by atoms with van der Waals surface area (Å²) < 4.78 is 0. The van der Waals surface area contributed by atoms with Gasteiger partial charge in [-0.05, 0) is 32.8 Å². The van der Waals surface area contributed by atoms with E-state index in [1.165, 1.54) is 0 Å². The highest BCUT2D eigenvalue weighted by molar-refractivity contribution is 5.79. The molecule has 0 saturated carbocycles. The number of carbonyl (C=O) groups is 1. The van der Waals surface area contributed by atoms with Gasteiger partial charge < -0.3 is 9.80 Å². The summed E-state index contributed by atoms with van der Waals surface area (Å²) in [7, 11) is 3.63. The van der Waals surface area contributed by atoms with Gasteiger partial charge >= 0.3 is 0 Å². The first-order valence-corrected chi connectivity index (χ1v) is 6.76. The summed E-state index contributed by atoms with van der Waals surface area (Å²) in [5.74, 6) is 1.02. The Morgan fingerprint density at radius 3 is 2.53 bits per heavy atom. The molecule has 1 fully saturated rings. The second-order valence-electron chi connectivity index (χ2n) is 5.47. The van der Waals surface area contributed by atoms with Crippen molar-refractivity contribution in [3.05, 3.63) is 17.5 Å². The van der Waals surface area contributed by atoms with E-state index in [-0.39, 0.29) is 11.8 Å². The van der Waals surface area contributed by atoms with Gasteiger partial charge in [-0.25, -0.2) is 9.97 Å². The molecule has 5 nitrogen and oxygen atoms in total. The third kappa shape index (κ3) is 3.22. The zero-order chi connectivity index (χ0) is 14.0. The van der Waals surface area contributed by atoms with Gasteiger partial charge in [0.25, 0.3) is 0 Å². The van der Waals surface area contributed by atoms with Gasteiger partial charge in [0.1, 0.15) is 0 Å². The van der Waals surface area contributed by atoms with Crippen LogP contribution in [-0.4, -0.2) is 48.0 Å². The number of piperidine rings is 1. The number of amides is 1. The second-order valence-corrected chi connectivity index (χ2v) is 5.47. The molecule has 5 heteroatoms. The van der Waals surface area contributed by atoms with E-state index in [2.05, 4.69) is 14.9 Å². The Morgan fingerprint density at radius 2 is 1.95 bits per heavy atom. The largest absolute Gasteiger partial charge is 0.349 e. The van der Waals surface area contributed by atoms with E-state index in [1.807, 2.05) is 34.0 Å². The predicted octanol–water partition coefficient (Wildman–Crippen LogP) is 1.40. The molecule has 0 radical (unpaired) electrons. The van der Waals surface area contributed by atoms with Crippen molar-refractivity contribution < 1.29 is 4.79 Å². The van der Waals surface area contributed by atoms with Gasteiger partial charge in [-0.15, -0.1) is 0 Å². The summed E-state index contributed by atoms with van der Waals surface area (Å²) >= 11 is 0. The van der Waals surface area contributed by atoms with Crippen LogP contribution in [-0.2, 0) is 4.79 Å². The van der Waals surface area contributed by atoms with E-state index < -0.39 is 0 Å². The predicted molar refractivity (Wildman–Crippen MR) is 75.1 cm³/mol. The average molecular weight is 262 g/mol. The van der Waals surface area contributed by atoms with E-state index in [0.717, 1.165) is 43.3 Å². The summed E-state index contributed by atoms with van der Waals surface area (Å²) in [4.78, 5) is 24.9. The fourth-order valence-electron chi connectivity index (χ4n) is 2.57. The molecule has 104 valence electrons. The standard InChI is InChI=1S/C14H22N4O/c1-10-8-11(2)16-14(15-10)18-7-5-6-12(9-18)13(19)17(3)4/h8,12H,5-7,9H2,1-4H3/t12-/m1/s1. The molecule has 1 aliphatic heterocycles. The Labute approximate surface area is 114 Å². The number of rotatable bonds is 2. The van der Waals surface area contributed by atoms with Gasteiger partial charge in [0.2, 0.25) is 11.9 Å². The van der Waals surface area contributed by atoms with Crippen molar-refractivity contribution in [2.45, 2.75) is 26.7 Å². The topological polar surface area (TPSA) is 49.3 Å². The van der Waals surface area contributed by atoms with Crippen molar-refractivity contribution in [3.63, 3.8) is 0 Å². The number of hydrogen-bond donors (Lipinski definition) is 0. The maximum absolute atomic E-state index is 12.1. The lowest BCUT2D eigenvalue weighted by Crippen LogP contribution is -2.43. The van der Waals surface area contributed by atoms with Crippen LogP contribution in [0.2, 0.25) is 0 Å². The van der Waals surface area contributed by atoms with Gasteiger partial charge in [-0.2, -0.15) is 0 Å². The number of carbonyl (C=O) groups excluding carboxylic acids is 1. The Hall–Kier alpha value is -1.65. The van der Waals surface area contributed by atoms with Crippen LogP contribution in [0.1, 0.15) is 24.2 Å². The molecule has 1 aliphatic rings. The van der Waals surface area contributed by atoms with Crippen LogP contribution in [0.25, 0.3) is 0 Å². The van der Waals surface area contributed by atoms with Crippen molar-refractivity contribution in [1.29, 1.82) is 0 Å². The van der Waals surface area contributed by atoms with Crippen LogP contribution in [0.5, 0.6) is 0 Å². The van der Waals surface area contributed by atoms with Crippen molar-refractivity contribution >= 4 is 11.9 Å². The molecule has 1 amide bonds. The molecule has 0 spiro atoms. The quantitative estimate of drug-likeness (QED) is 0.808. The van der Waals surface area contributed by atoms with E-state index in [9.17, 15) is 4.79 Å². The summed E-state index contributed by atoms with van der Waals surface area (Å²) in [5, 5.41) is 0. The molecule has 0 N–H and O–H groups in total. The number of aromatic nitrogens is 2. The van der Waals surface area contributed by atoms with Crippen LogP contribution in [0.4, 0.5) is 5.95 Å². The van der Waals surface area contributed by atoms with Crippen molar-refractivity contribution in [2.24, 2.45) is 5.92 Å². The first kappa shape index (κ1) is 13.8. The molecule has 0 bridgehead atoms. The Balaban J connectivity index is 2.14. The molecular formula is C14H22N4O. The van der Waals surface area contributed by atoms with Gasteiger partial charge in [-0.1, -0.05) is 0 Å². The van der Waals surface area contributed by atoms with Crippen LogP contribution in [0.15, 0.2) is 6.07 Å².